The van der Waals surface area contributed by atoms with E-state index in [1.165, 1.54) is 0 Å². The second kappa shape index (κ2) is 5.28. The molecule has 0 aliphatic carbocycles. The van der Waals surface area contributed by atoms with Crippen LogP contribution in [-0.2, 0) is 4.79 Å². The van der Waals surface area contributed by atoms with Gasteiger partial charge in [-0.15, -0.1) is 0 Å². The Morgan fingerprint density at radius 1 is 1.44 bits per heavy atom. The highest BCUT2D eigenvalue weighted by atomic mass is 16.3. The van der Waals surface area contributed by atoms with Crippen LogP contribution in [0.25, 0.3) is 0 Å². The summed E-state index contributed by atoms with van der Waals surface area (Å²) in [6.45, 7) is 8.52. The minimum atomic E-state index is -0.575. The van der Waals surface area contributed by atoms with E-state index in [-0.39, 0.29) is 5.41 Å². The van der Waals surface area contributed by atoms with Crippen LogP contribution in [-0.4, -0.2) is 41.5 Å². The number of nitrogens with zero attached hydrogens (tertiary/aromatic N) is 1. The van der Waals surface area contributed by atoms with Gasteiger partial charge in [-0.25, -0.2) is 0 Å². The van der Waals surface area contributed by atoms with Gasteiger partial charge in [0.05, 0.1) is 5.60 Å². The van der Waals surface area contributed by atoms with Crippen LogP contribution in [0, 0.1) is 5.41 Å². The van der Waals surface area contributed by atoms with Crippen LogP contribution >= 0.6 is 0 Å². The highest BCUT2D eigenvalue weighted by Gasteiger charge is 2.34. The molecule has 1 unspecified atom stereocenters. The lowest BCUT2D eigenvalue weighted by Gasteiger charge is -2.40. The average Bonchev–Trinajstić information content (AvgIpc) is 2.25. The molecule has 1 rings (SSSR count). The van der Waals surface area contributed by atoms with Crippen molar-refractivity contribution in [1.29, 1.82) is 0 Å². The summed E-state index contributed by atoms with van der Waals surface area (Å²) in [7, 11) is 0. The molecule has 3 heteroatoms. The van der Waals surface area contributed by atoms with E-state index in [9.17, 15) is 9.90 Å². The summed E-state index contributed by atoms with van der Waals surface area (Å²) in [5.74, 6) is 0. The lowest BCUT2D eigenvalue weighted by molar-refractivity contribution is -0.119. The van der Waals surface area contributed by atoms with Crippen molar-refractivity contribution in [3.8, 4) is 0 Å². The first-order valence-corrected chi connectivity index (χ1v) is 6.38. The van der Waals surface area contributed by atoms with Gasteiger partial charge in [0.15, 0.2) is 0 Å². The standard InChI is InChI=1S/C13H25NO2/c1-4-13(5-2,11-15)10-14-8-6-7-12(3,16)9-14/h11,16H,4-10H2,1-3H3. The molecule has 1 atom stereocenters. The highest BCUT2D eigenvalue weighted by Crippen LogP contribution is 2.28. The van der Waals surface area contributed by atoms with Gasteiger partial charge in [-0.3, -0.25) is 4.90 Å². The summed E-state index contributed by atoms with van der Waals surface area (Å²) >= 11 is 0. The van der Waals surface area contributed by atoms with Crippen LogP contribution in [0.3, 0.4) is 0 Å². The first kappa shape index (κ1) is 13.7. The number of carbonyl (C=O) groups is 1. The first-order chi connectivity index (χ1) is 7.47. The number of rotatable bonds is 5. The minimum Gasteiger partial charge on any atom is -0.389 e. The van der Waals surface area contributed by atoms with Gasteiger partial charge < -0.3 is 9.90 Å². The molecule has 0 aromatic carbocycles. The van der Waals surface area contributed by atoms with Gasteiger partial charge in [0, 0.05) is 18.5 Å². The Morgan fingerprint density at radius 2 is 2.06 bits per heavy atom. The molecule has 1 saturated heterocycles. The molecule has 0 aromatic heterocycles. The van der Waals surface area contributed by atoms with Gasteiger partial charge in [-0.2, -0.15) is 0 Å². The number of likely N-dealkylation sites (tertiary alicyclic amines) is 1. The Bertz CT molecular complexity index is 234. The summed E-state index contributed by atoms with van der Waals surface area (Å²) in [5.41, 5.74) is -0.790. The largest absolute Gasteiger partial charge is 0.389 e. The maximum Gasteiger partial charge on any atom is 0.127 e. The molecule has 1 aliphatic rings. The number of hydrogen-bond donors (Lipinski definition) is 1. The zero-order valence-corrected chi connectivity index (χ0v) is 10.8. The molecule has 3 nitrogen and oxygen atoms in total. The zero-order chi connectivity index (χ0) is 12.2. The molecule has 1 aliphatic heterocycles. The Hall–Kier alpha value is -0.410. The van der Waals surface area contributed by atoms with Crippen molar-refractivity contribution >= 4 is 6.29 Å². The van der Waals surface area contributed by atoms with Crippen molar-refractivity contribution in [2.45, 2.75) is 52.1 Å². The maximum atomic E-state index is 11.2. The molecule has 0 amide bonds. The van der Waals surface area contributed by atoms with Crippen molar-refractivity contribution in [2.75, 3.05) is 19.6 Å². The molecular weight excluding hydrogens is 202 g/mol. The van der Waals surface area contributed by atoms with Crippen LogP contribution < -0.4 is 0 Å². The molecule has 1 N–H and O–H groups in total. The zero-order valence-electron chi connectivity index (χ0n) is 10.8. The molecule has 0 saturated carbocycles. The smallest absolute Gasteiger partial charge is 0.127 e. The van der Waals surface area contributed by atoms with E-state index in [2.05, 4.69) is 18.7 Å². The number of aldehydes is 1. The number of β-amino-alcohol motifs (C(OH)–C–C–N with tert-alkyl or cyclic N) is 1. The van der Waals surface area contributed by atoms with Crippen molar-refractivity contribution in [1.82, 2.24) is 4.90 Å². The molecule has 0 bridgehead atoms. The quantitative estimate of drug-likeness (QED) is 0.729. The first-order valence-electron chi connectivity index (χ1n) is 6.38. The molecular formula is C13H25NO2. The number of piperidine rings is 1. The van der Waals surface area contributed by atoms with E-state index in [1.807, 2.05) is 6.92 Å². The summed E-state index contributed by atoms with van der Waals surface area (Å²) in [4.78, 5) is 13.5. The van der Waals surface area contributed by atoms with Gasteiger partial charge in [-0.1, -0.05) is 13.8 Å². The lowest BCUT2D eigenvalue weighted by Crippen LogP contribution is -2.50. The van der Waals surface area contributed by atoms with Crippen molar-refractivity contribution in [3.05, 3.63) is 0 Å². The van der Waals surface area contributed by atoms with Crippen LogP contribution in [0.2, 0.25) is 0 Å². The van der Waals surface area contributed by atoms with E-state index in [0.717, 1.165) is 45.1 Å². The molecule has 16 heavy (non-hydrogen) atoms. The van der Waals surface area contributed by atoms with Crippen LogP contribution in [0.5, 0.6) is 0 Å². The minimum absolute atomic E-state index is 0.215. The fourth-order valence-corrected chi connectivity index (χ4v) is 2.58. The maximum absolute atomic E-state index is 11.2. The second-order valence-electron chi connectivity index (χ2n) is 5.50. The fourth-order valence-electron chi connectivity index (χ4n) is 2.58. The number of hydrogen-bond acceptors (Lipinski definition) is 3. The Labute approximate surface area is 98.8 Å². The monoisotopic (exact) mass is 227 g/mol. The van der Waals surface area contributed by atoms with Crippen molar-refractivity contribution in [3.63, 3.8) is 0 Å². The summed E-state index contributed by atoms with van der Waals surface area (Å²) in [6.07, 6.45) is 4.76. The summed E-state index contributed by atoms with van der Waals surface area (Å²) in [6, 6.07) is 0. The SMILES string of the molecule is CCC(C=O)(CC)CN1CCCC(C)(O)C1. The van der Waals surface area contributed by atoms with E-state index in [0.29, 0.717) is 6.54 Å². The third kappa shape index (κ3) is 3.29. The molecule has 94 valence electrons. The second-order valence-corrected chi connectivity index (χ2v) is 5.50. The van der Waals surface area contributed by atoms with Crippen LogP contribution in [0.1, 0.15) is 46.5 Å². The third-order valence-corrected chi connectivity index (χ3v) is 3.95. The predicted molar refractivity (Wildman–Crippen MR) is 65.4 cm³/mol. The fraction of sp³-hybridized carbons (Fsp3) is 0.923. The Morgan fingerprint density at radius 3 is 2.50 bits per heavy atom. The van der Waals surface area contributed by atoms with E-state index in [1.54, 1.807) is 0 Å². The van der Waals surface area contributed by atoms with Crippen LogP contribution in [0.15, 0.2) is 0 Å². The Kier molecular flexibility index (Phi) is 4.51. The number of carbonyl (C=O) groups excluding carboxylic acids is 1. The van der Waals surface area contributed by atoms with E-state index < -0.39 is 5.60 Å². The molecule has 0 radical (unpaired) electrons. The van der Waals surface area contributed by atoms with Crippen molar-refractivity contribution in [2.24, 2.45) is 5.41 Å². The molecule has 1 fully saturated rings. The molecule has 0 spiro atoms. The van der Waals surface area contributed by atoms with Gasteiger partial charge >= 0.3 is 0 Å². The van der Waals surface area contributed by atoms with Gasteiger partial charge in [0.2, 0.25) is 0 Å². The van der Waals surface area contributed by atoms with E-state index in [4.69, 9.17) is 0 Å². The normalized spacial score (nSPS) is 28.0. The lowest BCUT2D eigenvalue weighted by atomic mass is 9.82. The topological polar surface area (TPSA) is 40.5 Å². The van der Waals surface area contributed by atoms with Crippen molar-refractivity contribution < 1.29 is 9.90 Å². The molecule has 1 heterocycles. The van der Waals surface area contributed by atoms with Gasteiger partial charge in [-0.05, 0) is 39.2 Å². The molecule has 0 aromatic rings. The van der Waals surface area contributed by atoms with Gasteiger partial charge in [0.25, 0.3) is 0 Å². The Balaban J connectivity index is 2.61. The van der Waals surface area contributed by atoms with Gasteiger partial charge in [0.1, 0.15) is 6.29 Å². The van der Waals surface area contributed by atoms with Crippen LogP contribution in [0.4, 0.5) is 0 Å². The van der Waals surface area contributed by atoms with E-state index >= 15 is 0 Å². The predicted octanol–water partition coefficient (Wildman–Crippen LogP) is 1.84. The number of aliphatic hydroxyl groups is 1. The third-order valence-electron chi connectivity index (χ3n) is 3.95. The average molecular weight is 227 g/mol. The highest BCUT2D eigenvalue weighted by molar-refractivity contribution is 5.59. The summed E-state index contributed by atoms with van der Waals surface area (Å²) in [5, 5.41) is 10.0. The summed E-state index contributed by atoms with van der Waals surface area (Å²) < 4.78 is 0.